The molecule has 26 heavy (non-hydrogen) atoms. The van der Waals surface area contributed by atoms with E-state index >= 15 is 0 Å². The van der Waals surface area contributed by atoms with Crippen LogP contribution in [0.15, 0.2) is 18.2 Å². The van der Waals surface area contributed by atoms with Gasteiger partial charge in [-0.1, -0.05) is 64.7 Å². The summed E-state index contributed by atoms with van der Waals surface area (Å²) < 4.78 is 0. The van der Waals surface area contributed by atoms with Crippen LogP contribution in [0.1, 0.15) is 76.7 Å². The summed E-state index contributed by atoms with van der Waals surface area (Å²) >= 11 is 0. The minimum atomic E-state index is -0.562. The zero-order valence-electron chi connectivity index (χ0n) is 15.8. The van der Waals surface area contributed by atoms with E-state index in [2.05, 4.69) is 12.2 Å². The summed E-state index contributed by atoms with van der Waals surface area (Å²) in [6.45, 7) is 2.88. The third kappa shape index (κ3) is 9.35. The first kappa shape index (κ1) is 21.9. The number of amides is 1. The fourth-order valence-corrected chi connectivity index (χ4v) is 2.78. The first-order chi connectivity index (χ1) is 12.5. The molecule has 1 aromatic rings. The smallest absolute Gasteiger partial charge is 0.243 e. The minimum absolute atomic E-state index is 0.215. The van der Waals surface area contributed by atoms with Crippen LogP contribution in [0, 0.1) is 0 Å². The normalized spacial score (nSPS) is 11.1. The van der Waals surface area contributed by atoms with Crippen LogP contribution in [0.3, 0.4) is 0 Å². The van der Waals surface area contributed by atoms with Crippen molar-refractivity contribution in [3.8, 4) is 17.2 Å². The Balaban J connectivity index is 2.08. The lowest BCUT2D eigenvalue weighted by Crippen LogP contribution is -2.21. The molecular formula is C21H33NO4. The Morgan fingerprint density at radius 1 is 0.885 bits per heavy atom. The fraction of sp³-hybridized carbons (Fsp3) is 0.571. The number of hydrogen-bond acceptors (Lipinski definition) is 4. The van der Waals surface area contributed by atoms with Crippen molar-refractivity contribution in [1.29, 1.82) is 0 Å². The Morgan fingerprint density at radius 2 is 1.38 bits per heavy atom. The zero-order valence-corrected chi connectivity index (χ0v) is 15.8. The van der Waals surface area contributed by atoms with Gasteiger partial charge in [0.1, 0.15) is 0 Å². The summed E-state index contributed by atoms with van der Waals surface area (Å²) in [4.78, 5) is 11.7. The van der Waals surface area contributed by atoms with E-state index in [0.717, 1.165) is 12.8 Å². The number of aromatic hydroxyl groups is 3. The highest BCUT2D eigenvalue weighted by molar-refractivity contribution is 5.91. The molecule has 0 aromatic heterocycles. The lowest BCUT2D eigenvalue weighted by molar-refractivity contribution is -0.116. The molecule has 0 atom stereocenters. The van der Waals surface area contributed by atoms with E-state index in [4.69, 9.17) is 0 Å². The average Bonchev–Trinajstić information content (AvgIpc) is 2.62. The number of hydrogen-bond donors (Lipinski definition) is 4. The first-order valence-electron chi connectivity index (χ1n) is 9.75. The van der Waals surface area contributed by atoms with Crippen molar-refractivity contribution in [1.82, 2.24) is 5.32 Å². The van der Waals surface area contributed by atoms with E-state index in [9.17, 15) is 20.1 Å². The Labute approximate surface area is 156 Å². The van der Waals surface area contributed by atoms with Crippen LogP contribution in [0.25, 0.3) is 6.08 Å². The van der Waals surface area contributed by atoms with Gasteiger partial charge >= 0.3 is 0 Å². The number of carbonyl (C=O) groups excluding carboxylic acids is 1. The van der Waals surface area contributed by atoms with Crippen molar-refractivity contribution in [3.05, 3.63) is 23.8 Å². The van der Waals surface area contributed by atoms with E-state index < -0.39 is 17.2 Å². The molecule has 0 radical (unpaired) electrons. The third-order valence-electron chi connectivity index (χ3n) is 4.35. The number of benzene rings is 1. The van der Waals surface area contributed by atoms with E-state index in [1.165, 1.54) is 75.7 Å². The Bertz CT molecular complexity index is 546. The summed E-state index contributed by atoms with van der Waals surface area (Å²) in [5.41, 5.74) is 0.437. The van der Waals surface area contributed by atoms with Crippen molar-refractivity contribution < 1.29 is 20.1 Å². The topological polar surface area (TPSA) is 89.8 Å². The molecule has 0 heterocycles. The monoisotopic (exact) mass is 363 g/mol. The number of nitrogens with one attached hydrogen (secondary N) is 1. The summed E-state index contributed by atoms with van der Waals surface area (Å²) in [5.74, 6) is -1.62. The second-order valence-electron chi connectivity index (χ2n) is 6.71. The van der Waals surface area contributed by atoms with E-state index in [1.807, 2.05) is 0 Å². The Kier molecular flexibility index (Phi) is 11.0. The van der Waals surface area contributed by atoms with Gasteiger partial charge in [-0.15, -0.1) is 0 Å². The standard InChI is InChI=1S/C21H33NO4/c1-2-3-4-5-6-7-8-9-10-11-14-22-20(25)13-12-17-15-18(23)21(26)19(24)16-17/h12-13,15-16,23-24,26H,2-11,14H2,1H3,(H,22,25). The maximum Gasteiger partial charge on any atom is 0.243 e. The van der Waals surface area contributed by atoms with Gasteiger partial charge in [0.15, 0.2) is 17.2 Å². The van der Waals surface area contributed by atoms with E-state index in [1.54, 1.807) is 0 Å². The molecule has 0 saturated heterocycles. The number of rotatable bonds is 13. The fourth-order valence-electron chi connectivity index (χ4n) is 2.78. The summed E-state index contributed by atoms with van der Waals surface area (Å²) in [5, 5.41) is 30.9. The zero-order chi connectivity index (χ0) is 19.2. The van der Waals surface area contributed by atoms with Crippen LogP contribution >= 0.6 is 0 Å². The second kappa shape index (κ2) is 13.1. The molecule has 4 N–H and O–H groups in total. The van der Waals surface area contributed by atoms with Crippen LogP contribution in [0.4, 0.5) is 0 Å². The van der Waals surface area contributed by atoms with Gasteiger partial charge in [-0.05, 0) is 30.2 Å². The minimum Gasteiger partial charge on any atom is -0.504 e. The SMILES string of the molecule is CCCCCCCCCCCCNC(=O)C=Cc1cc(O)c(O)c(O)c1. The molecule has 0 saturated carbocycles. The molecule has 1 aromatic carbocycles. The largest absolute Gasteiger partial charge is 0.504 e. The van der Waals surface area contributed by atoms with Gasteiger partial charge in [0.25, 0.3) is 0 Å². The van der Waals surface area contributed by atoms with Crippen LogP contribution in [0.5, 0.6) is 17.2 Å². The van der Waals surface area contributed by atoms with E-state index in [-0.39, 0.29) is 5.91 Å². The summed E-state index contributed by atoms with van der Waals surface area (Å²) in [6.07, 6.45) is 15.4. The average molecular weight is 363 g/mol. The quantitative estimate of drug-likeness (QED) is 0.229. The molecule has 0 spiro atoms. The number of carbonyl (C=O) groups is 1. The molecule has 0 aliphatic heterocycles. The predicted molar refractivity (Wildman–Crippen MR) is 105 cm³/mol. The highest BCUT2D eigenvalue weighted by Gasteiger charge is 2.06. The van der Waals surface area contributed by atoms with E-state index in [0.29, 0.717) is 12.1 Å². The molecule has 0 fully saturated rings. The highest BCUT2D eigenvalue weighted by Crippen LogP contribution is 2.35. The van der Waals surface area contributed by atoms with Crippen molar-refractivity contribution in [2.75, 3.05) is 6.54 Å². The Hall–Kier alpha value is -2.17. The summed E-state index contributed by atoms with van der Waals surface area (Å²) in [6, 6.07) is 2.56. The predicted octanol–water partition coefficient (Wildman–Crippen LogP) is 4.85. The number of unbranched alkanes of at least 4 members (excludes halogenated alkanes) is 9. The van der Waals surface area contributed by atoms with Gasteiger partial charge < -0.3 is 20.6 Å². The van der Waals surface area contributed by atoms with Crippen molar-refractivity contribution >= 4 is 12.0 Å². The maximum absolute atomic E-state index is 11.7. The molecule has 0 aliphatic rings. The number of phenolic OH excluding ortho intramolecular Hbond substituents is 3. The van der Waals surface area contributed by atoms with Crippen LogP contribution in [-0.2, 0) is 4.79 Å². The van der Waals surface area contributed by atoms with Crippen molar-refractivity contribution in [3.63, 3.8) is 0 Å². The van der Waals surface area contributed by atoms with Crippen molar-refractivity contribution in [2.45, 2.75) is 71.1 Å². The van der Waals surface area contributed by atoms with Gasteiger partial charge in [-0.2, -0.15) is 0 Å². The Morgan fingerprint density at radius 3 is 1.92 bits per heavy atom. The maximum atomic E-state index is 11.7. The van der Waals surface area contributed by atoms with Gasteiger partial charge in [0.05, 0.1) is 0 Å². The van der Waals surface area contributed by atoms with Gasteiger partial charge in [0.2, 0.25) is 5.91 Å². The van der Waals surface area contributed by atoms with Gasteiger partial charge in [-0.3, -0.25) is 4.79 Å². The van der Waals surface area contributed by atoms with Crippen LogP contribution in [-0.4, -0.2) is 27.8 Å². The lowest BCUT2D eigenvalue weighted by Gasteiger charge is -2.04. The molecule has 5 nitrogen and oxygen atoms in total. The first-order valence-corrected chi connectivity index (χ1v) is 9.75. The van der Waals surface area contributed by atoms with Crippen molar-refractivity contribution in [2.24, 2.45) is 0 Å². The molecule has 0 aliphatic carbocycles. The second-order valence-corrected chi connectivity index (χ2v) is 6.71. The molecule has 5 heteroatoms. The lowest BCUT2D eigenvalue weighted by atomic mass is 10.1. The van der Waals surface area contributed by atoms with Gasteiger partial charge in [0, 0.05) is 12.6 Å². The highest BCUT2D eigenvalue weighted by atomic mass is 16.3. The molecular weight excluding hydrogens is 330 g/mol. The van der Waals surface area contributed by atoms with Crippen LogP contribution in [0.2, 0.25) is 0 Å². The number of phenols is 3. The molecule has 0 bridgehead atoms. The molecule has 146 valence electrons. The van der Waals surface area contributed by atoms with Crippen LogP contribution < -0.4 is 5.32 Å². The molecule has 0 unspecified atom stereocenters. The summed E-state index contributed by atoms with van der Waals surface area (Å²) in [7, 11) is 0. The van der Waals surface area contributed by atoms with Gasteiger partial charge in [-0.25, -0.2) is 0 Å². The third-order valence-corrected chi connectivity index (χ3v) is 4.35. The molecule has 1 rings (SSSR count). The molecule has 1 amide bonds.